The number of fused-ring (bicyclic) bond motifs is 1. The molecule has 4 atom stereocenters. The van der Waals surface area contributed by atoms with E-state index in [9.17, 15) is 20.1 Å². The summed E-state index contributed by atoms with van der Waals surface area (Å²) in [7, 11) is 0. The average Bonchev–Trinajstić information content (AvgIpc) is 3.03. The summed E-state index contributed by atoms with van der Waals surface area (Å²) in [5, 5.41) is 30.2. The lowest BCUT2D eigenvalue weighted by Crippen LogP contribution is -2.33. The molecule has 3 heterocycles. The van der Waals surface area contributed by atoms with E-state index >= 15 is 0 Å². The highest BCUT2D eigenvalue weighted by molar-refractivity contribution is 7.98. The van der Waals surface area contributed by atoms with E-state index in [1.807, 2.05) is 0 Å². The van der Waals surface area contributed by atoms with E-state index < -0.39 is 37.1 Å². The Bertz CT molecular complexity index is 797. The maximum Gasteiger partial charge on any atom is 0.252 e. The Morgan fingerprint density at radius 3 is 2.67 bits per heavy atom. The van der Waals surface area contributed by atoms with Crippen LogP contribution in [0.3, 0.4) is 0 Å². The summed E-state index contributed by atoms with van der Waals surface area (Å²) in [6.45, 7) is -0.470. The van der Waals surface area contributed by atoms with Crippen LogP contribution in [0, 0.1) is 0 Å². The third-order valence-electron chi connectivity index (χ3n) is 3.98. The van der Waals surface area contributed by atoms with Gasteiger partial charge in [-0.1, -0.05) is 0 Å². The second kappa shape index (κ2) is 6.18. The number of aromatic nitrogens is 3. The fourth-order valence-electron chi connectivity index (χ4n) is 2.89. The number of nitrogen functional groups attached to an aromatic ring is 1. The predicted molar refractivity (Wildman–Crippen MR) is 85.2 cm³/mol. The van der Waals surface area contributed by atoms with Crippen molar-refractivity contribution in [3.8, 4) is 0 Å². The summed E-state index contributed by atoms with van der Waals surface area (Å²) in [6, 6.07) is 0. The fourth-order valence-corrected chi connectivity index (χ4v) is 3.69. The number of hydrogen-bond donors (Lipinski definition) is 5. The Balaban J connectivity index is 2.29. The molecule has 0 saturated carbocycles. The largest absolute Gasteiger partial charge is 0.394 e. The van der Waals surface area contributed by atoms with Gasteiger partial charge in [0, 0.05) is 0 Å². The van der Waals surface area contributed by atoms with Crippen LogP contribution >= 0.6 is 11.8 Å². The van der Waals surface area contributed by atoms with Crippen LogP contribution in [0.4, 0.5) is 5.82 Å². The summed E-state index contributed by atoms with van der Waals surface area (Å²) in [5.74, 6) is -0.661. The number of hydrogen-bond acceptors (Lipinski definition) is 9. The van der Waals surface area contributed by atoms with Crippen LogP contribution in [0.2, 0.25) is 0 Å². The number of carbonyl (C=O) groups is 1. The van der Waals surface area contributed by atoms with Crippen molar-refractivity contribution in [2.24, 2.45) is 5.73 Å². The Hall–Kier alpha value is -1.92. The second-order valence-electron chi connectivity index (χ2n) is 5.30. The normalized spacial score (nSPS) is 27.0. The number of rotatable bonds is 4. The Labute approximate surface area is 140 Å². The van der Waals surface area contributed by atoms with Gasteiger partial charge in [0.05, 0.1) is 22.6 Å². The number of nitrogens with two attached hydrogens (primary N) is 2. The lowest BCUT2D eigenvalue weighted by atomic mass is 10.1. The number of nitrogens with zero attached hydrogens (tertiary/aromatic N) is 3. The van der Waals surface area contributed by atoms with Crippen molar-refractivity contribution < 1.29 is 24.9 Å². The highest BCUT2D eigenvalue weighted by Crippen LogP contribution is 2.40. The van der Waals surface area contributed by atoms with Crippen molar-refractivity contribution >= 4 is 34.5 Å². The molecular formula is C13H17N5O5S. The van der Waals surface area contributed by atoms with Crippen LogP contribution in [0.15, 0.2) is 11.4 Å². The number of thioether (sulfide) groups is 1. The first-order chi connectivity index (χ1) is 11.4. The van der Waals surface area contributed by atoms with Crippen LogP contribution in [0.5, 0.6) is 0 Å². The van der Waals surface area contributed by atoms with Gasteiger partial charge in [0.25, 0.3) is 5.91 Å². The maximum atomic E-state index is 11.9. The first-order valence-electron chi connectivity index (χ1n) is 7.03. The van der Waals surface area contributed by atoms with E-state index in [0.29, 0.717) is 5.03 Å². The molecule has 0 aliphatic carbocycles. The molecule has 0 unspecified atom stereocenters. The van der Waals surface area contributed by atoms with Crippen molar-refractivity contribution in [1.82, 2.24) is 14.5 Å². The molecule has 130 valence electrons. The fraction of sp³-hybridized carbons (Fsp3) is 0.462. The van der Waals surface area contributed by atoms with Gasteiger partial charge in [0.1, 0.15) is 36.1 Å². The molecule has 1 saturated heterocycles. The number of aliphatic hydroxyl groups is 3. The van der Waals surface area contributed by atoms with Crippen LogP contribution < -0.4 is 11.5 Å². The number of primary amides is 1. The molecule has 7 N–H and O–H groups in total. The number of ether oxygens (including phenoxy) is 1. The van der Waals surface area contributed by atoms with Gasteiger partial charge in [-0.05, 0) is 6.26 Å². The van der Waals surface area contributed by atoms with Crippen LogP contribution in [0.25, 0.3) is 11.0 Å². The van der Waals surface area contributed by atoms with Crippen LogP contribution in [0.1, 0.15) is 16.6 Å². The molecule has 0 spiro atoms. The third kappa shape index (κ3) is 2.32. The van der Waals surface area contributed by atoms with Gasteiger partial charge < -0.3 is 31.5 Å². The Morgan fingerprint density at radius 1 is 1.42 bits per heavy atom. The summed E-state index contributed by atoms with van der Waals surface area (Å²) in [6.07, 6.45) is -1.73. The SMILES string of the molecule is CSc1c(C(N)=O)c2c(N)ncnc2n1[C@@H]1O[C@H](CO)[C@@H](O)[C@H]1O. The first kappa shape index (κ1) is 16.9. The van der Waals surface area contributed by atoms with E-state index in [1.165, 1.54) is 22.7 Å². The molecule has 10 nitrogen and oxygen atoms in total. The van der Waals surface area contributed by atoms with E-state index in [4.69, 9.17) is 16.2 Å². The molecule has 1 fully saturated rings. The molecule has 2 aromatic heterocycles. The molecule has 3 rings (SSSR count). The second-order valence-corrected chi connectivity index (χ2v) is 6.10. The van der Waals surface area contributed by atoms with Gasteiger partial charge >= 0.3 is 0 Å². The molecular weight excluding hydrogens is 338 g/mol. The molecule has 0 radical (unpaired) electrons. The molecule has 1 aliphatic rings. The molecule has 2 aromatic rings. The quantitative estimate of drug-likeness (QED) is 0.407. The minimum absolute atomic E-state index is 0.0644. The van der Waals surface area contributed by atoms with E-state index in [2.05, 4.69) is 9.97 Å². The van der Waals surface area contributed by atoms with Crippen molar-refractivity contribution in [3.05, 3.63) is 11.9 Å². The van der Waals surface area contributed by atoms with Crippen molar-refractivity contribution in [3.63, 3.8) is 0 Å². The van der Waals surface area contributed by atoms with Crippen LogP contribution in [-0.2, 0) is 4.74 Å². The lowest BCUT2D eigenvalue weighted by Gasteiger charge is -2.19. The Morgan fingerprint density at radius 2 is 2.12 bits per heavy atom. The standard InChI is InChI=1S/C13H17N5O5S/c1-24-13-6(10(15)22)5-9(14)16-3-17-11(5)18(13)12-8(21)7(20)4(2-19)23-12/h3-4,7-8,12,19-21H,2H2,1H3,(H2,15,22)(H2,14,16,17)/t4-,7-,8-,12-/m1/s1. The smallest absolute Gasteiger partial charge is 0.252 e. The first-order valence-corrected chi connectivity index (χ1v) is 8.25. The molecule has 0 bridgehead atoms. The maximum absolute atomic E-state index is 11.9. The number of anilines is 1. The van der Waals surface area contributed by atoms with E-state index in [0.717, 1.165) is 0 Å². The van der Waals surface area contributed by atoms with Gasteiger partial charge in [-0.15, -0.1) is 11.8 Å². The van der Waals surface area contributed by atoms with Gasteiger partial charge in [-0.25, -0.2) is 9.97 Å². The van der Waals surface area contributed by atoms with Crippen LogP contribution in [-0.4, -0.2) is 66.9 Å². The van der Waals surface area contributed by atoms with Gasteiger partial charge in [0.15, 0.2) is 6.23 Å². The lowest BCUT2D eigenvalue weighted by molar-refractivity contribution is -0.0543. The monoisotopic (exact) mass is 355 g/mol. The highest BCUT2D eigenvalue weighted by atomic mass is 32.2. The average molecular weight is 355 g/mol. The summed E-state index contributed by atoms with van der Waals surface area (Å²) >= 11 is 1.19. The number of aliphatic hydroxyl groups excluding tert-OH is 3. The minimum Gasteiger partial charge on any atom is -0.394 e. The van der Waals surface area contributed by atoms with Crippen molar-refractivity contribution in [2.75, 3.05) is 18.6 Å². The molecule has 1 amide bonds. The summed E-state index contributed by atoms with van der Waals surface area (Å²) in [5.41, 5.74) is 11.7. The minimum atomic E-state index is -1.33. The summed E-state index contributed by atoms with van der Waals surface area (Å²) in [4.78, 5) is 19.9. The zero-order valence-corrected chi connectivity index (χ0v) is 13.5. The molecule has 0 aromatic carbocycles. The van der Waals surface area contributed by atoms with E-state index in [1.54, 1.807) is 6.26 Å². The molecule has 1 aliphatic heterocycles. The topological polar surface area (TPSA) is 170 Å². The molecule has 11 heteroatoms. The summed E-state index contributed by atoms with van der Waals surface area (Å²) < 4.78 is 7.00. The Kier molecular flexibility index (Phi) is 4.36. The predicted octanol–water partition coefficient (Wildman–Crippen LogP) is -1.55. The zero-order valence-electron chi connectivity index (χ0n) is 12.7. The number of carbonyl (C=O) groups excluding carboxylic acids is 1. The van der Waals surface area contributed by atoms with E-state index in [-0.39, 0.29) is 22.4 Å². The van der Waals surface area contributed by atoms with Crippen molar-refractivity contribution in [2.45, 2.75) is 29.6 Å². The van der Waals surface area contributed by atoms with Crippen molar-refractivity contribution in [1.29, 1.82) is 0 Å². The molecule has 24 heavy (non-hydrogen) atoms. The van der Waals surface area contributed by atoms with Gasteiger partial charge in [0.2, 0.25) is 0 Å². The number of amides is 1. The zero-order chi connectivity index (χ0) is 17.6. The highest BCUT2D eigenvalue weighted by Gasteiger charge is 2.45. The van der Waals surface area contributed by atoms with Gasteiger partial charge in [-0.2, -0.15) is 0 Å². The van der Waals surface area contributed by atoms with Gasteiger partial charge in [-0.3, -0.25) is 9.36 Å². The third-order valence-corrected chi connectivity index (χ3v) is 4.77.